The van der Waals surface area contributed by atoms with Crippen molar-refractivity contribution in [1.82, 2.24) is 19.9 Å². The van der Waals surface area contributed by atoms with Crippen molar-refractivity contribution in [3.8, 4) is 0 Å². The van der Waals surface area contributed by atoms with Crippen LogP contribution in [0.5, 0.6) is 0 Å². The number of fused-ring (bicyclic) bond motifs is 2. The molecule has 0 unspecified atom stereocenters. The van der Waals surface area contributed by atoms with E-state index in [2.05, 4.69) is 38.4 Å². The molecule has 1 aromatic carbocycles. The fraction of sp³-hybridized carbons (Fsp3) is 0.250. The van der Waals surface area contributed by atoms with Gasteiger partial charge in [-0.05, 0) is 50.1 Å². The summed E-state index contributed by atoms with van der Waals surface area (Å²) in [6, 6.07) is 12.2. The highest BCUT2D eigenvalue weighted by molar-refractivity contribution is 5.97. The molecule has 4 heterocycles. The summed E-state index contributed by atoms with van der Waals surface area (Å²) in [6.45, 7) is 4.08. The molecule has 1 aliphatic rings. The van der Waals surface area contributed by atoms with Gasteiger partial charge in [-0.15, -0.1) is 0 Å². The zero-order valence-corrected chi connectivity index (χ0v) is 14.7. The smallest absolute Gasteiger partial charge is 0.229 e. The molecule has 0 bridgehead atoms. The number of pyridine rings is 1. The molecule has 0 spiro atoms. The van der Waals surface area contributed by atoms with Crippen LogP contribution in [0.4, 0.5) is 17.5 Å². The molecule has 130 valence electrons. The first kappa shape index (κ1) is 15.1. The summed E-state index contributed by atoms with van der Waals surface area (Å²) in [5.74, 6) is 1.62. The number of nitrogens with zero attached hydrogens (tertiary/aromatic N) is 4. The van der Waals surface area contributed by atoms with Gasteiger partial charge in [0.15, 0.2) is 0 Å². The summed E-state index contributed by atoms with van der Waals surface area (Å²) >= 11 is 0. The number of aromatic amines is 1. The second kappa shape index (κ2) is 5.98. The molecule has 0 atom stereocenters. The van der Waals surface area contributed by atoms with E-state index in [1.165, 1.54) is 12.8 Å². The van der Waals surface area contributed by atoms with Crippen LogP contribution in [0, 0.1) is 6.92 Å². The number of anilines is 3. The highest BCUT2D eigenvalue weighted by atomic mass is 15.3. The summed E-state index contributed by atoms with van der Waals surface area (Å²) < 4.78 is 0. The summed E-state index contributed by atoms with van der Waals surface area (Å²) in [6.07, 6.45) is 4.21. The average Bonchev–Trinajstić information content (AvgIpc) is 3.31. The lowest BCUT2D eigenvalue weighted by Gasteiger charge is -2.17. The van der Waals surface area contributed by atoms with E-state index in [0.29, 0.717) is 0 Å². The van der Waals surface area contributed by atoms with E-state index >= 15 is 0 Å². The second-order valence-corrected chi connectivity index (χ2v) is 6.78. The number of hydrogen-bond acceptors (Lipinski definition) is 5. The number of aryl methyl sites for hydroxylation is 1. The summed E-state index contributed by atoms with van der Waals surface area (Å²) in [7, 11) is 0. The standard InChI is InChI=1S/C20H20N6/c1-13-12-15-18(22-13)24-20(26-10-2-3-11-26)25-19(15)23-17-8-4-7-16-14(17)6-5-9-21-16/h4-9,12H,2-3,10-11H2,1H3,(H2,22,23,24,25). The van der Waals surface area contributed by atoms with Crippen molar-refractivity contribution in [3.63, 3.8) is 0 Å². The number of nitrogens with one attached hydrogen (secondary N) is 2. The third-order valence-electron chi connectivity index (χ3n) is 4.90. The van der Waals surface area contributed by atoms with Crippen molar-refractivity contribution in [2.24, 2.45) is 0 Å². The van der Waals surface area contributed by atoms with E-state index < -0.39 is 0 Å². The lowest BCUT2D eigenvalue weighted by molar-refractivity contribution is 0.907. The molecule has 4 aromatic rings. The van der Waals surface area contributed by atoms with Gasteiger partial charge in [0, 0.05) is 36.1 Å². The molecule has 1 aliphatic heterocycles. The lowest BCUT2D eigenvalue weighted by atomic mass is 10.2. The van der Waals surface area contributed by atoms with Crippen molar-refractivity contribution in [1.29, 1.82) is 0 Å². The fourth-order valence-electron chi connectivity index (χ4n) is 3.62. The molecular weight excluding hydrogens is 324 g/mol. The van der Waals surface area contributed by atoms with Crippen LogP contribution in [-0.2, 0) is 0 Å². The van der Waals surface area contributed by atoms with Crippen molar-refractivity contribution in [3.05, 3.63) is 48.3 Å². The highest BCUT2D eigenvalue weighted by Crippen LogP contribution is 2.30. The first-order chi connectivity index (χ1) is 12.8. The minimum absolute atomic E-state index is 0.790. The number of benzene rings is 1. The van der Waals surface area contributed by atoms with Crippen molar-refractivity contribution >= 4 is 39.4 Å². The van der Waals surface area contributed by atoms with E-state index in [1.807, 2.05) is 31.3 Å². The van der Waals surface area contributed by atoms with Crippen LogP contribution in [0.25, 0.3) is 21.9 Å². The molecule has 6 nitrogen and oxygen atoms in total. The molecule has 0 radical (unpaired) electrons. The predicted molar refractivity (Wildman–Crippen MR) is 105 cm³/mol. The Balaban J connectivity index is 1.65. The first-order valence-corrected chi connectivity index (χ1v) is 9.01. The van der Waals surface area contributed by atoms with Gasteiger partial charge in [0.25, 0.3) is 0 Å². The Morgan fingerprint density at radius 1 is 1.04 bits per heavy atom. The highest BCUT2D eigenvalue weighted by Gasteiger charge is 2.18. The average molecular weight is 344 g/mol. The maximum atomic E-state index is 4.86. The predicted octanol–water partition coefficient (Wildman–Crippen LogP) is 4.16. The van der Waals surface area contributed by atoms with Gasteiger partial charge in [0.2, 0.25) is 5.95 Å². The third kappa shape index (κ3) is 2.54. The molecule has 6 heteroatoms. The van der Waals surface area contributed by atoms with Crippen LogP contribution in [0.3, 0.4) is 0 Å². The van der Waals surface area contributed by atoms with Crippen LogP contribution in [0.1, 0.15) is 18.5 Å². The van der Waals surface area contributed by atoms with Crippen molar-refractivity contribution in [2.45, 2.75) is 19.8 Å². The van der Waals surface area contributed by atoms with Crippen LogP contribution < -0.4 is 10.2 Å². The molecule has 1 saturated heterocycles. The van der Waals surface area contributed by atoms with E-state index in [4.69, 9.17) is 9.97 Å². The Morgan fingerprint density at radius 2 is 1.92 bits per heavy atom. The number of hydrogen-bond donors (Lipinski definition) is 2. The lowest BCUT2D eigenvalue weighted by Crippen LogP contribution is -2.20. The van der Waals surface area contributed by atoms with Gasteiger partial charge in [0.05, 0.1) is 10.9 Å². The van der Waals surface area contributed by atoms with Crippen LogP contribution in [0.2, 0.25) is 0 Å². The van der Waals surface area contributed by atoms with Gasteiger partial charge >= 0.3 is 0 Å². The number of rotatable bonds is 3. The van der Waals surface area contributed by atoms with Gasteiger partial charge in [-0.1, -0.05) is 6.07 Å². The molecule has 0 amide bonds. The number of H-pyrrole nitrogens is 1. The minimum atomic E-state index is 0.790. The molecule has 3 aromatic heterocycles. The summed E-state index contributed by atoms with van der Waals surface area (Å²) in [5.41, 5.74) is 3.92. The van der Waals surface area contributed by atoms with Crippen molar-refractivity contribution < 1.29 is 0 Å². The van der Waals surface area contributed by atoms with Gasteiger partial charge < -0.3 is 15.2 Å². The second-order valence-electron chi connectivity index (χ2n) is 6.78. The van der Waals surface area contributed by atoms with Gasteiger partial charge in [-0.3, -0.25) is 4.98 Å². The minimum Gasteiger partial charge on any atom is -0.343 e. The SMILES string of the molecule is Cc1cc2c(Nc3cccc4ncccc34)nc(N3CCCC3)nc2[nH]1. The van der Waals surface area contributed by atoms with E-state index in [-0.39, 0.29) is 0 Å². The normalized spacial score (nSPS) is 14.4. The summed E-state index contributed by atoms with van der Waals surface area (Å²) in [4.78, 5) is 19.7. The molecule has 1 fully saturated rings. The fourth-order valence-corrected chi connectivity index (χ4v) is 3.62. The zero-order valence-electron chi connectivity index (χ0n) is 14.7. The Kier molecular flexibility index (Phi) is 3.48. The molecule has 0 saturated carbocycles. The quantitative estimate of drug-likeness (QED) is 0.584. The summed E-state index contributed by atoms with van der Waals surface area (Å²) in [5, 5.41) is 5.62. The Morgan fingerprint density at radius 3 is 2.81 bits per heavy atom. The van der Waals surface area contributed by atoms with Gasteiger partial charge in [-0.2, -0.15) is 9.97 Å². The van der Waals surface area contributed by atoms with E-state index in [0.717, 1.165) is 58.2 Å². The Bertz CT molecular complexity index is 1090. The van der Waals surface area contributed by atoms with E-state index in [1.54, 1.807) is 0 Å². The monoisotopic (exact) mass is 344 g/mol. The maximum Gasteiger partial charge on any atom is 0.229 e. The Hall–Kier alpha value is -3.15. The largest absolute Gasteiger partial charge is 0.343 e. The third-order valence-corrected chi connectivity index (χ3v) is 4.90. The molecule has 5 rings (SSSR count). The van der Waals surface area contributed by atoms with Crippen LogP contribution in [0.15, 0.2) is 42.6 Å². The van der Waals surface area contributed by atoms with Gasteiger partial charge in [0.1, 0.15) is 11.5 Å². The van der Waals surface area contributed by atoms with Crippen LogP contribution >= 0.6 is 0 Å². The van der Waals surface area contributed by atoms with E-state index in [9.17, 15) is 0 Å². The van der Waals surface area contributed by atoms with Gasteiger partial charge in [-0.25, -0.2) is 0 Å². The molecule has 2 N–H and O–H groups in total. The topological polar surface area (TPSA) is 69.7 Å². The first-order valence-electron chi connectivity index (χ1n) is 9.01. The maximum absolute atomic E-state index is 4.86. The van der Waals surface area contributed by atoms with Crippen LogP contribution in [-0.4, -0.2) is 33.0 Å². The molecular formula is C20H20N6. The number of aromatic nitrogens is 4. The Labute approximate surface area is 151 Å². The molecule has 0 aliphatic carbocycles. The van der Waals surface area contributed by atoms with Crippen molar-refractivity contribution in [2.75, 3.05) is 23.3 Å². The zero-order chi connectivity index (χ0) is 17.5. The molecule has 26 heavy (non-hydrogen) atoms.